The first-order valence-corrected chi connectivity index (χ1v) is 6.27. The van der Waals surface area contributed by atoms with Crippen molar-refractivity contribution in [2.75, 3.05) is 6.54 Å². The Balaban J connectivity index is 2.25. The third kappa shape index (κ3) is 6.29. The summed E-state index contributed by atoms with van der Waals surface area (Å²) >= 11 is 9.11. The highest BCUT2D eigenvalue weighted by molar-refractivity contribution is 9.10. The zero-order chi connectivity index (χ0) is 12.9. The normalized spacial score (nSPS) is 11.8. The van der Waals surface area contributed by atoms with E-state index in [0.717, 1.165) is 10.0 Å². The van der Waals surface area contributed by atoms with Gasteiger partial charge in [-0.2, -0.15) is 13.2 Å². The van der Waals surface area contributed by atoms with Gasteiger partial charge >= 0.3 is 6.18 Å². The van der Waals surface area contributed by atoms with E-state index in [1.54, 1.807) is 6.07 Å². The van der Waals surface area contributed by atoms with Crippen molar-refractivity contribution in [2.24, 2.45) is 0 Å². The van der Waals surface area contributed by atoms with E-state index in [1.165, 1.54) is 0 Å². The lowest BCUT2D eigenvalue weighted by molar-refractivity contribution is -0.135. The number of alkyl halides is 3. The Hall–Kier alpha value is -0.260. The van der Waals surface area contributed by atoms with Crippen molar-refractivity contribution in [3.05, 3.63) is 33.3 Å². The molecule has 0 fully saturated rings. The Morgan fingerprint density at radius 1 is 1.29 bits per heavy atom. The van der Waals surface area contributed by atoms with Gasteiger partial charge in [-0.25, -0.2) is 0 Å². The zero-order valence-corrected chi connectivity index (χ0v) is 11.3. The van der Waals surface area contributed by atoms with Crippen LogP contribution in [0.3, 0.4) is 0 Å². The average molecular weight is 331 g/mol. The van der Waals surface area contributed by atoms with Crippen LogP contribution in [-0.4, -0.2) is 12.7 Å². The Bertz CT molecular complexity index is 368. The molecule has 0 bridgehead atoms. The minimum absolute atomic E-state index is 0.0955. The van der Waals surface area contributed by atoms with Crippen LogP contribution < -0.4 is 5.32 Å². The molecule has 0 spiro atoms. The first kappa shape index (κ1) is 14.8. The number of hydrogen-bond acceptors (Lipinski definition) is 1. The van der Waals surface area contributed by atoms with Gasteiger partial charge in [-0.3, -0.25) is 0 Å². The van der Waals surface area contributed by atoms with E-state index in [9.17, 15) is 13.2 Å². The van der Waals surface area contributed by atoms with Gasteiger partial charge < -0.3 is 5.32 Å². The fourth-order valence-corrected chi connectivity index (χ4v) is 1.84. The summed E-state index contributed by atoms with van der Waals surface area (Å²) in [4.78, 5) is 0. The van der Waals surface area contributed by atoms with Gasteiger partial charge in [0.25, 0.3) is 0 Å². The fourth-order valence-electron chi connectivity index (χ4n) is 1.30. The molecular weight excluding hydrogens is 318 g/mol. The molecule has 96 valence electrons. The molecule has 0 saturated carbocycles. The molecule has 0 radical (unpaired) electrons. The van der Waals surface area contributed by atoms with Crippen molar-refractivity contribution in [2.45, 2.75) is 25.6 Å². The standard InChI is InChI=1S/C11H12BrClF3N/c12-9-6-8(2-3-10(9)13)7-17-5-1-4-11(14,15)16/h2-3,6,17H,1,4-5,7H2. The summed E-state index contributed by atoms with van der Waals surface area (Å²) in [6.45, 7) is 0.882. The van der Waals surface area contributed by atoms with E-state index in [4.69, 9.17) is 11.6 Å². The van der Waals surface area contributed by atoms with Gasteiger partial charge in [-0.15, -0.1) is 0 Å². The second-order valence-electron chi connectivity index (χ2n) is 3.64. The maximum absolute atomic E-state index is 11.9. The van der Waals surface area contributed by atoms with E-state index in [-0.39, 0.29) is 6.42 Å². The summed E-state index contributed by atoms with van der Waals surface area (Å²) in [6.07, 6.45) is -4.71. The van der Waals surface area contributed by atoms with Crippen LogP contribution in [0.15, 0.2) is 22.7 Å². The molecule has 0 unspecified atom stereocenters. The molecule has 0 atom stereocenters. The number of benzene rings is 1. The molecular formula is C11H12BrClF3N. The molecule has 0 aliphatic carbocycles. The molecule has 1 nitrogen and oxygen atoms in total. The van der Waals surface area contributed by atoms with Crippen LogP contribution in [0.5, 0.6) is 0 Å². The summed E-state index contributed by atoms with van der Waals surface area (Å²) in [6, 6.07) is 5.43. The molecule has 0 aromatic heterocycles. The quantitative estimate of drug-likeness (QED) is 0.782. The van der Waals surface area contributed by atoms with Crippen molar-refractivity contribution in [1.29, 1.82) is 0 Å². The highest BCUT2D eigenvalue weighted by Crippen LogP contribution is 2.23. The van der Waals surface area contributed by atoms with Crippen LogP contribution in [0.2, 0.25) is 5.02 Å². The molecule has 0 aliphatic heterocycles. The lowest BCUT2D eigenvalue weighted by Gasteiger charge is -2.08. The van der Waals surface area contributed by atoms with Gasteiger partial charge in [0.2, 0.25) is 0 Å². The van der Waals surface area contributed by atoms with E-state index < -0.39 is 12.6 Å². The smallest absolute Gasteiger partial charge is 0.313 e. The largest absolute Gasteiger partial charge is 0.389 e. The van der Waals surface area contributed by atoms with Crippen molar-refractivity contribution >= 4 is 27.5 Å². The molecule has 1 N–H and O–H groups in total. The van der Waals surface area contributed by atoms with Crippen molar-refractivity contribution in [3.63, 3.8) is 0 Å². The lowest BCUT2D eigenvalue weighted by Crippen LogP contribution is -2.17. The Kier molecular flexibility index (Phi) is 5.76. The van der Waals surface area contributed by atoms with Crippen molar-refractivity contribution in [3.8, 4) is 0 Å². The van der Waals surface area contributed by atoms with Gasteiger partial charge in [-0.1, -0.05) is 17.7 Å². The second kappa shape index (κ2) is 6.61. The van der Waals surface area contributed by atoms with Crippen molar-refractivity contribution in [1.82, 2.24) is 5.32 Å². The molecule has 1 rings (SSSR count). The third-order valence-corrected chi connectivity index (χ3v) is 3.34. The maximum Gasteiger partial charge on any atom is 0.389 e. The fraction of sp³-hybridized carbons (Fsp3) is 0.455. The lowest BCUT2D eigenvalue weighted by atomic mass is 10.2. The summed E-state index contributed by atoms with van der Waals surface area (Å²) in [5.41, 5.74) is 0.980. The van der Waals surface area contributed by atoms with Gasteiger partial charge in [0, 0.05) is 17.4 Å². The zero-order valence-electron chi connectivity index (χ0n) is 8.95. The minimum atomic E-state index is -4.06. The number of halogens is 5. The van der Waals surface area contributed by atoms with E-state index >= 15 is 0 Å². The molecule has 1 aromatic rings. The van der Waals surface area contributed by atoms with E-state index in [0.29, 0.717) is 18.1 Å². The molecule has 1 aromatic carbocycles. The van der Waals surface area contributed by atoms with Crippen LogP contribution in [0.4, 0.5) is 13.2 Å². The highest BCUT2D eigenvalue weighted by Gasteiger charge is 2.25. The summed E-state index contributed by atoms with van der Waals surface area (Å²) in [7, 11) is 0. The van der Waals surface area contributed by atoms with Crippen LogP contribution in [-0.2, 0) is 6.54 Å². The summed E-state index contributed by atoms with van der Waals surface area (Å²) in [5, 5.41) is 3.57. The van der Waals surface area contributed by atoms with E-state index in [2.05, 4.69) is 21.2 Å². The van der Waals surface area contributed by atoms with Gasteiger partial charge in [-0.05, 0) is 46.6 Å². The summed E-state index contributed by atoms with van der Waals surface area (Å²) < 4.78 is 36.3. The van der Waals surface area contributed by atoms with Crippen LogP contribution in [0.1, 0.15) is 18.4 Å². The van der Waals surface area contributed by atoms with Crippen LogP contribution >= 0.6 is 27.5 Å². The van der Waals surface area contributed by atoms with E-state index in [1.807, 2.05) is 12.1 Å². The monoisotopic (exact) mass is 329 g/mol. The Morgan fingerprint density at radius 2 is 2.00 bits per heavy atom. The molecule has 17 heavy (non-hydrogen) atoms. The Morgan fingerprint density at radius 3 is 2.59 bits per heavy atom. The highest BCUT2D eigenvalue weighted by atomic mass is 79.9. The molecule has 0 saturated heterocycles. The molecule has 0 amide bonds. The van der Waals surface area contributed by atoms with Crippen LogP contribution in [0.25, 0.3) is 0 Å². The first-order chi connectivity index (χ1) is 7.88. The molecule has 0 heterocycles. The third-order valence-electron chi connectivity index (χ3n) is 2.13. The van der Waals surface area contributed by atoms with Gasteiger partial charge in [0.05, 0.1) is 5.02 Å². The average Bonchev–Trinajstić information content (AvgIpc) is 2.21. The SMILES string of the molecule is FC(F)(F)CCCNCc1ccc(Cl)c(Br)c1. The first-order valence-electron chi connectivity index (χ1n) is 5.10. The minimum Gasteiger partial charge on any atom is -0.313 e. The van der Waals surface area contributed by atoms with Crippen LogP contribution in [0, 0.1) is 0 Å². The summed E-state index contributed by atoms with van der Waals surface area (Å²) in [5.74, 6) is 0. The molecule has 0 aliphatic rings. The Labute approximate surface area is 111 Å². The topological polar surface area (TPSA) is 12.0 Å². The van der Waals surface area contributed by atoms with Gasteiger partial charge in [0.1, 0.15) is 0 Å². The number of nitrogens with one attached hydrogen (secondary N) is 1. The van der Waals surface area contributed by atoms with Gasteiger partial charge in [0.15, 0.2) is 0 Å². The van der Waals surface area contributed by atoms with Crippen molar-refractivity contribution < 1.29 is 13.2 Å². The number of hydrogen-bond donors (Lipinski definition) is 1. The predicted octanol–water partition coefficient (Wildman–Crippen LogP) is 4.53. The number of rotatable bonds is 5. The predicted molar refractivity (Wildman–Crippen MR) is 66.1 cm³/mol. The molecule has 6 heteroatoms. The maximum atomic E-state index is 11.9. The second-order valence-corrected chi connectivity index (χ2v) is 4.91.